The lowest BCUT2D eigenvalue weighted by Crippen LogP contribution is -1.95. The van der Waals surface area contributed by atoms with E-state index in [1.807, 2.05) is 12.1 Å². The lowest BCUT2D eigenvalue weighted by atomic mass is 9.91. The molecule has 39 heavy (non-hydrogen) atoms. The van der Waals surface area contributed by atoms with Crippen LogP contribution in [-0.2, 0) is 0 Å². The monoisotopic (exact) mass is 516 g/mol. The molecule has 184 valence electrons. The highest BCUT2D eigenvalue weighted by Crippen LogP contribution is 2.48. The molecule has 0 aromatic heterocycles. The van der Waals surface area contributed by atoms with Crippen molar-refractivity contribution in [3.63, 3.8) is 0 Å². The molecule has 0 amide bonds. The van der Waals surface area contributed by atoms with E-state index in [0.717, 1.165) is 26.9 Å². The fourth-order valence-electron chi connectivity index (χ4n) is 5.91. The molecule has 8 rings (SSSR count). The van der Waals surface area contributed by atoms with Crippen LogP contribution in [0.2, 0.25) is 0 Å². The highest BCUT2D eigenvalue weighted by atomic mass is 32.2. The van der Waals surface area contributed by atoms with E-state index in [1.165, 1.54) is 54.6 Å². The zero-order valence-corrected chi connectivity index (χ0v) is 22.3. The van der Waals surface area contributed by atoms with Crippen molar-refractivity contribution in [1.82, 2.24) is 0 Å². The van der Waals surface area contributed by atoms with Gasteiger partial charge in [0.05, 0.1) is 9.79 Å². The van der Waals surface area contributed by atoms with Crippen LogP contribution in [0.15, 0.2) is 137 Å². The van der Waals surface area contributed by atoms with E-state index in [-0.39, 0.29) is 0 Å². The first kappa shape index (κ1) is 22.5. The summed E-state index contributed by atoms with van der Waals surface area (Å²) in [6.07, 6.45) is 0. The predicted octanol–water partition coefficient (Wildman–Crippen LogP) is 11.0. The maximum Gasteiger partial charge on any atom is 0.142 e. The van der Waals surface area contributed by atoms with E-state index in [4.69, 9.17) is 4.74 Å². The SMILES string of the molecule is Cc1cc(-c2ccc3c(c2)Oc2ccccc2S3)cc(-c2ccc3c4ccccc4c4ccccc4c3c2)c1. The molecule has 0 atom stereocenters. The molecule has 0 aliphatic carbocycles. The van der Waals surface area contributed by atoms with Crippen LogP contribution in [0.5, 0.6) is 11.5 Å². The van der Waals surface area contributed by atoms with Crippen molar-refractivity contribution in [2.75, 3.05) is 0 Å². The summed E-state index contributed by atoms with van der Waals surface area (Å²) in [4.78, 5) is 2.31. The number of hydrogen-bond donors (Lipinski definition) is 0. The van der Waals surface area contributed by atoms with Gasteiger partial charge in [-0.1, -0.05) is 103 Å². The summed E-state index contributed by atoms with van der Waals surface area (Å²) in [5.74, 6) is 1.84. The van der Waals surface area contributed by atoms with Crippen LogP contribution in [0.4, 0.5) is 0 Å². The maximum absolute atomic E-state index is 6.29. The van der Waals surface area contributed by atoms with E-state index in [2.05, 4.69) is 122 Å². The topological polar surface area (TPSA) is 9.23 Å². The molecular formula is C37H24OS. The number of ether oxygens (including phenoxy) is 1. The first-order valence-electron chi connectivity index (χ1n) is 13.3. The van der Waals surface area contributed by atoms with Gasteiger partial charge in [0.15, 0.2) is 0 Å². The molecule has 0 bridgehead atoms. The van der Waals surface area contributed by atoms with Crippen molar-refractivity contribution in [1.29, 1.82) is 0 Å². The van der Waals surface area contributed by atoms with Gasteiger partial charge in [0.1, 0.15) is 11.5 Å². The van der Waals surface area contributed by atoms with Crippen LogP contribution < -0.4 is 4.74 Å². The summed E-state index contributed by atoms with van der Waals surface area (Å²) in [5.41, 5.74) is 6.05. The van der Waals surface area contributed by atoms with Gasteiger partial charge in [-0.2, -0.15) is 0 Å². The molecular weight excluding hydrogens is 492 g/mol. The lowest BCUT2D eigenvalue weighted by molar-refractivity contribution is 0.455. The van der Waals surface area contributed by atoms with Crippen molar-refractivity contribution in [3.8, 4) is 33.8 Å². The second kappa shape index (κ2) is 8.76. The molecule has 7 aromatic carbocycles. The standard InChI is InChI=1S/C37H24OS/c1-23-18-26(20-27(19-23)25-15-17-37-35(22-25)38-34-12-6-7-13-36(34)39-37)24-14-16-32-30-10-3-2-8-28(30)29-9-4-5-11-31(29)33(32)21-24/h2-22H,1H3. The van der Waals surface area contributed by atoms with E-state index in [1.54, 1.807) is 11.8 Å². The molecule has 0 N–H and O–H groups in total. The number of hydrogen-bond acceptors (Lipinski definition) is 2. The van der Waals surface area contributed by atoms with Gasteiger partial charge in [-0.15, -0.1) is 0 Å². The third-order valence-corrected chi connectivity index (χ3v) is 8.84. The van der Waals surface area contributed by atoms with Crippen molar-refractivity contribution in [2.24, 2.45) is 0 Å². The van der Waals surface area contributed by atoms with Crippen LogP contribution in [0.25, 0.3) is 54.6 Å². The molecule has 0 saturated heterocycles. The minimum Gasteiger partial charge on any atom is -0.455 e. The number of benzene rings is 7. The Morgan fingerprint density at radius 3 is 1.67 bits per heavy atom. The van der Waals surface area contributed by atoms with Crippen LogP contribution >= 0.6 is 11.8 Å². The van der Waals surface area contributed by atoms with Crippen LogP contribution in [-0.4, -0.2) is 0 Å². The number of fused-ring (bicyclic) bond motifs is 8. The van der Waals surface area contributed by atoms with E-state index < -0.39 is 0 Å². The summed E-state index contributed by atoms with van der Waals surface area (Å²) in [6.45, 7) is 2.18. The van der Waals surface area contributed by atoms with E-state index >= 15 is 0 Å². The number of rotatable bonds is 2. The van der Waals surface area contributed by atoms with Crippen LogP contribution in [0.1, 0.15) is 5.56 Å². The molecule has 1 heterocycles. The normalized spacial score (nSPS) is 12.3. The third kappa shape index (κ3) is 3.71. The Kier molecular flexibility index (Phi) is 5.04. The molecule has 7 aromatic rings. The molecule has 0 radical (unpaired) electrons. The fraction of sp³-hybridized carbons (Fsp3) is 0.0270. The Labute approximate surface area is 231 Å². The zero-order chi connectivity index (χ0) is 25.9. The molecule has 1 aliphatic heterocycles. The second-order valence-corrected chi connectivity index (χ2v) is 11.3. The first-order valence-corrected chi connectivity index (χ1v) is 14.1. The Hall–Kier alpha value is -4.53. The van der Waals surface area contributed by atoms with Gasteiger partial charge in [0.25, 0.3) is 0 Å². The van der Waals surface area contributed by atoms with Gasteiger partial charge in [0, 0.05) is 0 Å². The van der Waals surface area contributed by atoms with Gasteiger partial charge in [-0.3, -0.25) is 0 Å². The molecule has 0 unspecified atom stereocenters. The van der Waals surface area contributed by atoms with Gasteiger partial charge in [-0.05, 0) is 103 Å². The Balaban J connectivity index is 1.26. The average molecular weight is 517 g/mol. The summed E-state index contributed by atoms with van der Waals surface area (Å²) >= 11 is 1.77. The minimum absolute atomic E-state index is 0.920. The summed E-state index contributed by atoms with van der Waals surface area (Å²) in [5, 5.41) is 7.80. The number of para-hydroxylation sites is 1. The van der Waals surface area contributed by atoms with Gasteiger partial charge in [0.2, 0.25) is 0 Å². The van der Waals surface area contributed by atoms with Crippen molar-refractivity contribution < 1.29 is 4.74 Å². The molecule has 0 fully saturated rings. The van der Waals surface area contributed by atoms with Crippen LogP contribution in [0.3, 0.4) is 0 Å². The lowest BCUT2D eigenvalue weighted by Gasteiger charge is -2.20. The minimum atomic E-state index is 0.920. The van der Waals surface area contributed by atoms with E-state index in [0.29, 0.717) is 0 Å². The third-order valence-electron chi connectivity index (χ3n) is 7.72. The van der Waals surface area contributed by atoms with Gasteiger partial charge < -0.3 is 4.74 Å². The van der Waals surface area contributed by atoms with Gasteiger partial charge >= 0.3 is 0 Å². The quantitative estimate of drug-likeness (QED) is 0.211. The zero-order valence-electron chi connectivity index (χ0n) is 21.4. The predicted molar refractivity (Wildman–Crippen MR) is 165 cm³/mol. The molecule has 2 heteroatoms. The van der Waals surface area contributed by atoms with Crippen molar-refractivity contribution >= 4 is 44.1 Å². The van der Waals surface area contributed by atoms with Crippen molar-refractivity contribution in [2.45, 2.75) is 16.7 Å². The maximum atomic E-state index is 6.29. The van der Waals surface area contributed by atoms with Crippen molar-refractivity contribution in [3.05, 3.63) is 133 Å². The highest BCUT2D eigenvalue weighted by molar-refractivity contribution is 7.99. The molecule has 1 aliphatic rings. The Morgan fingerprint density at radius 2 is 0.949 bits per heavy atom. The Morgan fingerprint density at radius 1 is 0.410 bits per heavy atom. The molecule has 0 saturated carbocycles. The van der Waals surface area contributed by atoms with Crippen LogP contribution in [0, 0.1) is 6.92 Å². The summed E-state index contributed by atoms with van der Waals surface area (Å²) in [6, 6.07) is 46.1. The second-order valence-electron chi connectivity index (χ2n) is 10.3. The van der Waals surface area contributed by atoms with E-state index in [9.17, 15) is 0 Å². The highest BCUT2D eigenvalue weighted by Gasteiger charge is 2.18. The summed E-state index contributed by atoms with van der Waals surface area (Å²) in [7, 11) is 0. The fourth-order valence-corrected chi connectivity index (χ4v) is 6.84. The largest absolute Gasteiger partial charge is 0.455 e. The summed E-state index contributed by atoms with van der Waals surface area (Å²) < 4.78 is 6.29. The number of aryl methyl sites for hydroxylation is 1. The van der Waals surface area contributed by atoms with Gasteiger partial charge in [-0.25, -0.2) is 0 Å². The molecule has 0 spiro atoms. The Bertz CT molecular complexity index is 2050. The first-order chi connectivity index (χ1) is 19.2. The molecule has 1 nitrogen and oxygen atoms in total. The smallest absolute Gasteiger partial charge is 0.142 e. The average Bonchev–Trinajstić information content (AvgIpc) is 2.99.